The Bertz CT molecular complexity index is 804. The molecule has 2 heterocycles. The van der Waals surface area contributed by atoms with Crippen LogP contribution in [0, 0.1) is 5.92 Å². The van der Waals surface area contributed by atoms with Crippen LogP contribution < -0.4 is 5.32 Å². The molecule has 0 unspecified atom stereocenters. The number of phenols is 2. The molecule has 0 bridgehead atoms. The summed E-state index contributed by atoms with van der Waals surface area (Å²) in [6.45, 7) is 7.45. The molecular weight excluding hydrogens is 326 g/mol. The quantitative estimate of drug-likeness (QED) is 0.673. The molecule has 0 saturated carbocycles. The van der Waals surface area contributed by atoms with Gasteiger partial charge in [0.15, 0.2) is 0 Å². The molecule has 4 heteroatoms. The van der Waals surface area contributed by atoms with Crippen molar-refractivity contribution in [1.29, 1.82) is 0 Å². The van der Waals surface area contributed by atoms with Gasteiger partial charge in [-0.3, -0.25) is 0 Å². The van der Waals surface area contributed by atoms with Crippen LogP contribution in [0.5, 0.6) is 11.5 Å². The molecule has 3 atom stereocenters. The van der Waals surface area contributed by atoms with E-state index in [1.54, 1.807) is 12.1 Å². The maximum Gasteiger partial charge on any atom is 0.119 e. The van der Waals surface area contributed by atoms with Gasteiger partial charge in [0.2, 0.25) is 0 Å². The van der Waals surface area contributed by atoms with Crippen LogP contribution >= 0.6 is 0 Å². The van der Waals surface area contributed by atoms with Crippen molar-refractivity contribution in [2.24, 2.45) is 5.92 Å². The number of aromatic hydroxyl groups is 2. The van der Waals surface area contributed by atoms with Gasteiger partial charge in [0.25, 0.3) is 0 Å². The fourth-order valence-corrected chi connectivity index (χ4v) is 4.26. The number of ether oxygens (including phenoxy) is 1. The first kappa shape index (κ1) is 17.2. The van der Waals surface area contributed by atoms with Crippen LogP contribution in [0.1, 0.15) is 62.4 Å². The van der Waals surface area contributed by atoms with Crippen molar-refractivity contribution in [3.63, 3.8) is 0 Å². The summed E-state index contributed by atoms with van der Waals surface area (Å²) < 4.78 is 6.22. The first-order valence-corrected chi connectivity index (χ1v) is 9.38. The Hall–Kier alpha value is -2.20. The number of fused-ring (bicyclic) bond motifs is 3. The van der Waals surface area contributed by atoms with E-state index in [4.69, 9.17) is 4.74 Å². The molecule has 0 spiro atoms. The highest BCUT2D eigenvalue weighted by Crippen LogP contribution is 2.50. The maximum absolute atomic E-state index is 9.92. The van der Waals surface area contributed by atoms with Crippen LogP contribution in [0.25, 0.3) is 0 Å². The van der Waals surface area contributed by atoms with Gasteiger partial charge < -0.3 is 20.3 Å². The summed E-state index contributed by atoms with van der Waals surface area (Å²) in [6, 6.07) is 11.4. The Morgan fingerprint density at radius 2 is 1.77 bits per heavy atom. The summed E-state index contributed by atoms with van der Waals surface area (Å²) in [5.41, 5.74) is 4.59. The molecule has 0 aromatic heterocycles. The Balaban J connectivity index is 1.79. The van der Waals surface area contributed by atoms with Crippen molar-refractivity contribution in [3.8, 4) is 11.5 Å². The second kappa shape index (κ2) is 6.20. The van der Waals surface area contributed by atoms with Gasteiger partial charge in [0, 0.05) is 29.8 Å². The monoisotopic (exact) mass is 353 g/mol. The SMILES string of the molecule is CC(C)(C)c1ccc2c(c1)[C@H]1OCCC[C@H]1[C@H](c1cc(O)cc(O)c1)N2. The lowest BCUT2D eigenvalue weighted by atomic mass is 9.76. The zero-order chi connectivity index (χ0) is 18.5. The van der Waals surface area contributed by atoms with Gasteiger partial charge in [-0.15, -0.1) is 0 Å². The average molecular weight is 353 g/mol. The van der Waals surface area contributed by atoms with Crippen LogP contribution in [0.3, 0.4) is 0 Å². The van der Waals surface area contributed by atoms with E-state index in [-0.39, 0.29) is 35.0 Å². The smallest absolute Gasteiger partial charge is 0.119 e. The Kier molecular flexibility index (Phi) is 4.11. The molecule has 1 fully saturated rings. The third kappa shape index (κ3) is 3.03. The van der Waals surface area contributed by atoms with Gasteiger partial charge in [-0.1, -0.05) is 32.9 Å². The molecule has 26 heavy (non-hydrogen) atoms. The molecule has 1 saturated heterocycles. The largest absolute Gasteiger partial charge is 0.508 e. The van der Waals surface area contributed by atoms with E-state index >= 15 is 0 Å². The van der Waals surface area contributed by atoms with Crippen LogP contribution in [0.4, 0.5) is 5.69 Å². The fourth-order valence-electron chi connectivity index (χ4n) is 4.26. The topological polar surface area (TPSA) is 61.7 Å². The molecular formula is C22H27NO3. The number of anilines is 1. The van der Waals surface area contributed by atoms with Crippen molar-refractivity contribution in [2.45, 2.75) is 51.2 Å². The Morgan fingerprint density at radius 1 is 1.04 bits per heavy atom. The number of nitrogens with one attached hydrogen (secondary N) is 1. The molecule has 4 rings (SSSR count). The molecule has 0 radical (unpaired) electrons. The highest BCUT2D eigenvalue weighted by atomic mass is 16.5. The fraction of sp³-hybridized carbons (Fsp3) is 0.455. The molecule has 2 aliphatic heterocycles. The van der Waals surface area contributed by atoms with Gasteiger partial charge in [-0.25, -0.2) is 0 Å². The molecule has 0 amide bonds. The zero-order valence-electron chi connectivity index (χ0n) is 15.6. The van der Waals surface area contributed by atoms with Crippen LogP contribution in [0.15, 0.2) is 36.4 Å². The second-order valence-electron chi connectivity index (χ2n) is 8.55. The van der Waals surface area contributed by atoms with E-state index < -0.39 is 0 Å². The lowest BCUT2D eigenvalue weighted by Crippen LogP contribution is -2.36. The van der Waals surface area contributed by atoms with E-state index in [9.17, 15) is 10.2 Å². The Morgan fingerprint density at radius 3 is 2.46 bits per heavy atom. The minimum Gasteiger partial charge on any atom is -0.508 e. The Labute approximate surface area is 154 Å². The maximum atomic E-state index is 9.92. The number of hydrogen-bond donors (Lipinski definition) is 3. The summed E-state index contributed by atoms with van der Waals surface area (Å²) in [5, 5.41) is 23.5. The normalized spacial score (nSPS) is 25.1. The summed E-state index contributed by atoms with van der Waals surface area (Å²) in [5.74, 6) is 0.445. The number of rotatable bonds is 1. The van der Waals surface area contributed by atoms with Gasteiger partial charge >= 0.3 is 0 Å². The number of hydrogen-bond acceptors (Lipinski definition) is 4. The first-order valence-electron chi connectivity index (χ1n) is 9.38. The predicted octanol–water partition coefficient (Wildman–Crippen LogP) is 5.03. The lowest BCUT2D eigenvalue weighted by molar-refractivity contribution is -0.0382. The third-order valence-corrected chi connectivity index (χ3v) is 5.62. The van der Waals surface area contributed by atoms with Gasteiger partial charge in [-0.05, 0) is 47.6 Å². The molecule has 3 N–H and O–H groups in total. The van der Waals surface area contributed by atoms with Crippen LogP contribution in [-0.4, -0.2) is 16.8 Å². The first-order chi connectivity index (χ1) is 12.3. The van der Waals surface area contributed by atoms with Crippen molar-refractivity contribution >= 4 is 5.69 Å². The van der Waals surface area contributed by atoms with E-state index in [1.165, 1.54) is 17.2 Å². The van der Waals surface area contributed by atoms with Gasteiger partial charge in [0.1, 0.15) is 11.5 Å². The molecule has 2 aliphatic rings. The molecule has 4 nitrogen and oxygen atoms in total. The van der Waals surface area contributed by atoms with Crippen molar-refractivity contribution in [2.75, 3.05) is 11.9 Å². The highest BCUT2D eigenvalue weighted by Gasteiger charge is 2.40. The van der Waals surface area contributed by atoms with Gasteiger partial charge in [-0.2, -0.15) is 0 Å². The third-order valence-electron chi connectivity index (χ3n) is 5.62. The number of phenolic OH excluding ortho intramolecular Hbond substituents is 2. The van der Waals surface area contributed by atoms with E-state index in [2.05, 4.69) is 44.3 Å². The van der Waals surface area contributed by atoms with E-state index in [0.29, 0.717) is 0 Å². The van der Waals surface area contributed by atoms with Crippen LogP contribution in [0.2, 0.25) is 0 Å². The van der Waals surface area contributed by atoms with E-state index in [1.807, 2.05) is 0 Å². The van der Waals surface area contributed by atoms with Crippen molar-refractivity contribution in [3.05, 3.63) is 53.1 Å². The van der Waals surface area contributed by atoms with Gasteiger partial charge in [0.05, 0.1) is 12.1 Å². The predicted molar refractivity (Wildman–Crippen MR) is 103 cm³/mol. The van der Waals surface area contributed by atoms with Crippen LogP contribution in [-0.2, 0) is 10.2 Å². The molecule has 2 aromatic carbocycles. The second-order valence-corrected chi connectivity index (χ2v) is 8.55. The molecule has 2 aromatic rings. The minimum atomic E-state index is 0.00582. The molecule has 138 valence electrons. The standard InChI is InChI=1S/C22H27NO3/c1-22(2,3)14-6-7-19-18(11-14)21-17(5-4-8-26-21)20(23-19)13-9-15(24)12-16(25)10-13/h6-7,9-12,17,20-21,23-25H,4-5,8H2,1-3H3/t17-,20-,21-/m0/s1. The average Bonchev–Trinajstić information content (AvgIpc) is 2.59. The molecule has 0 aliphatic carbocycles. The summed E-state index contributed by atoms with van der Waals surface area (Å²) in [7, 11) is 0. The summed E-state index contributed by atoms with van der Waals surface area (Å²) in [6.07, 6.45) is 2.12. The minimum absolute atomic E-state index is 0.00582. The van der Waals surface area contributed by atoms with Crippen molar-refractivity contribution < 1.29 is 14.9 Å². The lowest BCUT2D eigenvalue weighted by Gasteiger charge is -2.44. The summed E-state index contributed by atoms with van der Waals surface area (Å²) >= 11 is 0. The number of benzene rings is 2. The van der Waals surface area contributed by atoms with E-state index in [0.717, 1.165) is 30.7 Å². The van der Waals surface area contributed by atoms with Crippen molar-refractivity contribution in [1.82, 2.24) is 0 Å². The highest BCUT2D eigenvalue weighted by molar-refractivity contribution is 5.59. The zero-order valence-corrected chi connectivity index (χ0v) is 15.6. The summed E-state index contributed by atoms with van der Waals surface area (Å²) in [4.78, 5) is 0.